The number of rotatable bonds is 7. The van der Waals surface area contributed by atoms with Crippen molar-refractivity contribution < 1.29 is 41.7 Å². The summed E-state index contributed by atoms with van der Waals surface area (Å²) in [6, 6.07) is 17.5. The lowest BCUT2D eigenvalue weighted by atomic mass is 9.86. The molecule has 1 saturated carbocycles. The summed E-state index contributed by atoms with van der Waals surface area (Å²) >= 11 is 0. The first kappa shape index (κ1) is 25.9. The molecular formula is C26H24F2N2O7S. The molecular weight excluding hydrogens is 522 g/mol. The van der Waals surface area contributed by atoms with Crippen molar-refractivity contribution in [3.63, 3.8) is 0 Å². The fraction of sp³-hybridized carbons (Fsp3) is 0.269. The van der Waals surface area contributed by atoms with Gasteiger partial charge in [0, 0.05) is 0 Å². The number of fused-ring (bicyclic) bond motifs is 2. The van der Waals surface area contributed by atoms with Gasteiger partial charge in [0.1, 0.15) is 5.75 Å². The number of hydrogen-bond acceptors (Lipinski definition) is 7. The maximum absolute atomic E-state index is 13.3. The number of sulfonamides is 1. The Morgan fingerprint density at radius 3 is 2.13 bits per heavy atom. The molecule has 1 aliphatic heterocycles. The van der Waals surface area contributed by atoms with E-state index in [1.165, 1.54) is 0 Å². The zero-order chi connectivity index (χ0) is 27.1. The van der Waals surface area contributed by atoms with Crippen LogP contribution in [0.2, 0.25) is 0 Å². The highest BCUT2D eigenvalue weighted by atomic mass is 32.2. The molecule has 0 bridgehead atoms. The van der Waals surface area contributed by atoms with E-state index >= 15 is 0 Å². The van der Waals surface area contributed by atoms with Gasteiger partial charge in [-0.2, -0.15) is 8.78 Å². The van der Waals surface area contributed by atoms with Crippen LogP contribution in [0, 0.1) is 0 Å². The molecule has 3 aromatic carbocycles. The number of anilines is 2. The number of alkyl halides is 2. The Bertz CT molecular complexity index is 1400. The maximum atomic E-state index is 13.3. The van der Waals surface area contributed by atoms with Crippen molar-refractivity contribution in [1.82, 2.24) is 4.72 Å². The highest BCUT2D eigenvalue weighted by Crippen LogP contribution is 2.49. The second kappa shape index (κ2) is 9.86. The van der Waals surface area contributed by atoms with Crippen LogP contribution < -0.4 is 19.1 Å². The van der Waals surface area contributed by atoms with E-state index in [1.807, 2.05) is 53.4 Å². The molecule has 2 aliphatic rings. The summed E-state index contributed by atoms with van der Waals surface area (Å²) in [4.78, 5) is 12.3. The van der Waals surface area contributed by atoms with E-state index < -0.39 is 46.0 Å². The number of nitrogens with zero attached hydrogens (tertiary/aromatic N) is 1. The van der Waals surface area contributed by atoms with Gasteiger partial charge in [0.05, 0.1) is 34.5 Å². The molecule has 0 spiro atoms. The van der Waals surface area contributed by atoms with Gasteiger partial charge in [0.2, 0.25) is 10.0 Å². The van der Waals surface area contributed by atoms with Crippen molar-refractivity contribution >= 4 is 27.4 Å². The fourth-order valence-corrected chi connectivity index (χ4v) is 6.09. The van der Waals surface area contributed by atoms with Gasteiger partial charge in [-0.1, -0.05) is 24.3 Å². The molecule has 3 N–H and O–H groups in total. The minimum absolute atomic E-state index is 0.250. The highest BCUT2D eigenvalue weighted by molar-refractivity contribution is 7.89. The van der Waals surface area contributed by atoms with Crippen LogP contribution in [0.15, 0.2) is 77.7 Å². The van der Waals surface area contributed by atoms with Crippen LogP contribution >= 0.6 is 0 Å². The fourth-order valence-electron chi connectivity index (χ4n) is 4.80. The minimum Gasteiger partial charge on any atom is -0.474 e. The van der Waals surface area contributed by atoms with Crippen molar-refractivity contribution in [1.29, 1.82) is 0 Å². The van der Waals surface area contributed by atoms with Gasteiger partial charge < -0.3 is 24.6 Å². The van der Waals surface area contributed by atoms with E-state index in [4.69, 9.17) is 9.84 Å². The number of carboxylic acid groups (broad SMARTS) is 1. The van der Waals surface area contributed by atoms with Crippen LogP contribution in [0.25, 0.3) is 0 Å². The zero-order valence-corrected chi connectivity index (χ0v) is 20.6. The van der Waals surface area contributed by atoms with Crippen LogP contribution in [-0.2, 0) is 14.8 Å². The molecule has 38 heavy (non-hydrogen) atoms. The van der Waals surface area contributed by atoms with E-state index in [0.29, 0.717) is 30.8 Å². The van der Waals surface area contributed by atoms with Gasteiger partial charge >= 0.3 is 12.1 Å². The van der Waals surface area contributed by atoms with Crippen LogP contribution in [0.1, 0.15) is 19.3 Å². The van der Waals surface area contributed by atoms with Crippen molar-refractivity contribution in [3.05, 3.63) is 72.8 Å². The molecule has 0 unspecified atom stereocenters. The van der Waals surface area contributed by atoms with Crippen molar-refractivity contribution in [2.75, 3.05) is 4.90 Å². The topological polar surface area (TPSA) is 125 Å². The Balaban J connectivity index is 1.37. The van der Waals surface area contributed by atoms with Crippen LogP contribution in [0.3, 0.4) is 0 Å². The lowest BCUT2D eigenvalue weighted by Crippen LogP contribution is -2.56. The van der Waals surface area contributed by atoms with Gasteiger partial charge in [-0.3, -0.25) is 0 Å². The Kier molecular flexibility index (Phi) is 6.72. The summed E-state index contributed by atoms with van der Waals surface area (Å²) in [7, 11) is -4.16. The summed E-state index contributed by atoms with van der Waals surface area (Å²) in [5, 5.41) is 19.9. The number of halogens is 2. The van der Waals surface area contributed by atoms with Gasteiger partial charge in [0.25, 0.3) is 0 Å². The van der Waals surface area contributed by atoms with E-state index in [-0.39, 0.29) is 4.90 Å². The summed E-state index contributed by atoms with van der Waals surface area (Å²) in [6.07, 6.45) is -3.93. The maximum Gasteiger partial charge on any atom is 0.501 e. The molecule has 0 aromatic heterocycles. The number of para-hydroxylation sites is 4. The molecule has 1 heterocycles. The van der Waals surface area contributed by atoms with E-state index in [1.54, 1.807) is 0 Å². The number of benzene rings is 3. The molecule has 12 heteroatoms. The molecule has 0 amide bonds. The second-order valence-corrected chi connectivity index (χ2v) is 10.7. The Morgan fingerprint density at radius 2 is 1.55 bits per heavy atom. The second-order valence-electron chi connectivity index (χ2n) is 9.02. The third-order valence-corrected chi connectivity index (χ3v) is 8.06. The van der Waals surface area contributed by atoms with E-state index in [9.17, 15) is 27.1 Å². The number of aliphatic hydroxyl groups is 1. The highest BCUT2D eigenvalue weighted by Gasteiger charge is 2.43. The molecule has 1 aliphatic carbocycles. The number of hydrogen-bond donors (Lipinski definition) is 3. The monoisotopic (exact) mass is 546 g/mol. The quantitative estimate of drug-likeness (QED) is 0.402. The molecule has 3 aromatic rings. The van der Waals surface area contributed by atoms with Gasteiger partial charge in [0.15, 0.2) is 11.5 Å². The summed E-state index contributed by atoms with van der Waals surface area (Å²) in [5.74, 6) is -1.74. The molecule has 3 atom stereocenters. The first-order valence-corrected chi connectivity index (χ1v) is 13.3. The van der Waals surface area contributed by atoms with Gasteiger partial charge in [-0.05, 0) is 67.8 Å². The average molecular weight is 547 g/mol. The number of ether oxygens (including phenoxy) is 2. The van der Waals surface area contributed by atoms with Crippen LogP contribution in [-0.4, -0.2) is 48.9 Å². The number of carboxylic acids is 1. The third kappa shape index (κ3) is 4.89. The average Bonchev–Trinajstić information content (AvgIpc) is 2.88. The minimum atomic E-state index is -4.46. The third-order valence-electron chi connectivity index (χ3n) is 6.56. The molecule has 0 saturated heterocycles. The molecule has 9 nitrogen and oxygen atoms in total. The molecule has 1 fully saturated rings. The van der Waals surface area contributed by atoms with Crippen molar-refractivity contribution in [2.45, 2.75) is 48.5 Å². The van der Waals surface area contributed by atoms with Crippen molar-refractivity contribution in [3.8, 4) is 17.2 Å². The van der Waals surface area contributed by atoms with Crippen LogP contribution in [0.5, 0.6) is 17.2 Å². The molecule has 200 valence electrons. The van der Waals surface area contributed by atoms with E-state index in [0.717, 1.165) is 35.6 Å². The van der Waals surface area contributed by atoms with E-state index in [2.05, 4.69) is 9.46 Å². The largest absolute Gasteiger partial charge is 0.501 e. The lowest BCUT2D eigenvalue weighted by Gasteiger charge is -2.44. The van der Waals surface area contributed by atoms with Gasteiger partial charge in [-0.15, -0.1) is 0 Å². The normalized spacial score (nSPS) is 21.1. The summed E-state index contributed by atoms with van der Waals surface area (Å²) in [6.45, 7) is 0. The first-order chi connectivity index (χ1) is 18.1. The number of nitrogens with one attached hydrogen (secondary N) is 1. The molecule has 0 radical (unpaired) electrons. The van der Waals surface area contributed by atoms with Crippen molar-refractivity contribution in [2.24, 2.45) is 0 Å². The lowest BCUT2D eigenvalue weighted by molar-refractivity contribution is -0.210. The number of aliphatic hydroxyl groups excluding tert-OH is 1. The smallest absolute Gasteiger partial charge is 0.474 e. The Labute approximate surface area is 217 Å². The predicted molar refractivity (Wildman–Crippen MR) is 133 cm³/mol. The Morgan fingerprint density at radius 1 is 0.974 bits per heavy atom. The summed E-state index contributed by atoms with van der Waals surface area (Å²) < 4.78 is 65.5. The number of carbonyl (C=O) groups is 1. The van der Waals surface area contributed by atoms with Crippen LogP contribution in [0.4, 0.5) is 20.2 Å². The van der Waals surface area contributed by atoms with Gasteiger partial charge in [-0.25, -0.2) is 17.9 Å². The zero-order valence-electron chi connectivity index (χ0n) is 19.8. The number of aliphatic carboxylic acids is 1. The Hall–Kier alpha value is -3.74. The first-order valence-electron chi connectivity index (χ1n) is 11.8. The summed E-state index contributed by atoms with van der Waals surface area (Å²) in [5.41, 5.74) is 1.51. The SMILES string of the molecule is O=C(O)C(F)(F)Oc1ccc(S(=O)(=O)N[C@@H]2CCC[C@H](N3c4ccccc4Oc4ccccc43)[C@H]2O)cc1. The predicted octanol–water partition coefficient (Wildman–Crippen LogP) is 4.25. The standard InChI is InChI=1S/C26H24F2N2O7S/c27-26(28,25(32)33)37-16-12-14-17(15-13-16)38(34,35)29-18-6-5-9-21(24(18)31)30-19-7-1-3-10-22(19)36-23-11-4-2-8-20(23)30/h1-4,7-8,10-15,18,21,24,29,31H,5-6,9H2,(H,32,33)/t18-,21+,24+/m1/s1. The molecule has 5 rings (SSSR count).